The lowest BCUT2D eigenvalue weighted by Crippen LogP contribution is -2.48. The molecule has 104 valence electrons. The number of rotatable bonds is 3. The van der Waals surface area contributed by atoms with Crippen LogP contribution in [-0.2, 0) is 19.6 Å². The first-order valence-electron chi connectivity index (χ1n) is 5.82. The van der Waals surface area contributed by atoms with Crippen molar-refractivity contribution in [2.75, 3.05) is 19.7 Å². The van der Waals surface area contributed by atoms with Crippen molar-refractivity contribution in [2.45, 2.75) is 17.9 Å². The van der Waals surface area contributed by atoms with Crippen LogP contribution in [0.1, 0.15) is 5.56 Å². The maximum atomic E-state index is 12.3. The van der Waals surface area contributed by atoms with Gasteiger partial charge in [-0.05, 0) is 19.1 Å². The van der Waals surface area contributed by atoms with Crippen LogP contribution in [0, 0.1) is 6.92 Å². The predicted octanol–water partition coefficient (Wildman–Crippen LogP) is 0.469. The van der Waals surface area contributed by atoms with Gasteiger partial charge >= 0.3 is 5.97 Å². The molecule has 2 rings (SSSR count). The maximum Gasteiger partial charge on any atom is 0.334 e. The van der Waals surface area contributed by atoms with E-state index >= 15 is 0 Å². The van der Waals surface area contributed by atoms with E-state index in [0.717, 1.165) is 9.87 Å². The van der Waals surface area contributed by atoms with E-state index in [1.807, 2.05) is 6.92 Å². The molecule has 1 aliphatic rings. The molecule has 1 N–H and O–H groups in total. The van der Waals surface area contributed by atoms with Gasteiger partial charge in [0, 0.05) is 6.54 Å². The Morgan fingerprint density at radius 1 is 1.37 bits per heavy atom. The van der Waals surface area contributed by atoms with Crippen LogP contribution >= 0.6 is 0 Å². The van der Waals surface area contributed by atoms with Crippen LogP contribution in [0.4, 0.5) is 0 Å². The maximum absolute atomic E-state index is 12.3. The van der Waals surface area contributed by atoms with Gasteiger partial charge < -0.3 is 9.84 Å². The van der Waals surface area contributed by atoms with Crippen LogP contribution in [0.3, 0.4) is 0 Å². The van der Waals surface area contributed by atoms with Gasteiger partial charge in [-0.1, -0.05) is 17.7 Å². The molecule has 1 heterocycles. The van der Waals surface area contributed by atoms with Gasteiger partial charge in [-0.25, -0.2) is 13.2 Å². The zero-order valence-corrected chi connectivity index (χ0v) is 11.3. The molecule has 0 saturated carbocycles. The quantitative estimate of drug-likeness (QED) is 0.872. The first kappa shape index (κ1) is 14.0. The number of morpholine rings is 1. The van der Waals surface area contributed by atoms with Gasteiger partial charge in [-0.15, -0.1) is 0 Å². The van der Waals surface area contributed by atoms with E-state index < -0.39 is 22.1 Å². The summed E-state index contributed by atoms with van der Waals surface area (Å²) in [5.41, 5.74) is 0.962. The van der Waals surface area contributed by atoms with Gasteiger partial charge in [0.05, 0.1) is 18.0 Å². The SMILES string of the molecule is Cc1ccc(S(=O)(=O)N2CCO[C@@H](C(=O)O)C2)cc1. The molecule has 1 atom stereocenters. The van der Waals surface area contributed by atoms with E-state index in [-0.39, 0.29) is 24.6 Å². The number of sulfonamides is 1. The Balaban J connectivity index is 2.24. The zero-order chi connectivity index (χ0) is 14.0. The van der Waals surface area contributed by atoms with Crippen molar-refractivity contribution < 1.29 is 23.1 Å². The lowest BCUT2D eigenvalue weighted by molar-refractivity contribution is -0.153. The zero-order valence-electron chi connectivity index (χ0n) is 10.4. The van der Waals surface area contributed by atoms with Crippen molar-refractivity contribution in [3.05, 3.63) is 29.8 Å². The van der Waals surface area contributed by atoms with Crippen LogP contribution in [0.15, 0.2) is 29.2 Å². The molecule has 6 nitrogen and oxygen atoms in total. The van der Waals surface area contributed by atoms with Crippen molar-refractivity contribution in [1.29, 1.82) is 0 Å². The van der Waals surface area contributed by atoms with E-state index in [9.17, 15) is 13.2 Å². The molecule has 7 heteroatoms. The average molecular weight is 285 g/mol. The van der Waals surface area contributed by atoms with Crippen LogP contribution in [0.5, 0.6) is 0 Å². The Labute approximate surface area is 111 Å². The van der Waals surface area contributed by atoms with Gasteiger partial charge in [0.1, 0.15) is 0 Å². The number of carboxylic acids is 1. The van der Waals surface area contributed by atoms with E-state index in [2.05, 4.69) is 0 Å². The summed E-state index contributed by atoms with van der Waals surface area (Å²) in [6.07, 6.45) is -1.10. The topological polar surface area (TPSA) is 83.9 Å². The fourth-order valence-corrected chi connectivity index (χ4v) is 3.28. The smallest absolute Gasteiger partial charge is 0.334 e. The normalized spacial score (nSPS) is 21.2. The van der Waals surface area contributed by atoms with E-state index in [4.69, 9.17) is 9.84 Å². The molecule has 0 aromatic heterocycles. The van der Waals surface area contributed by atoms with Gasteiger partial charge in [0.15, 0.2) is 6.10 Å². The Morgan fingerprint density at radius 3 is 2.58 bits per heavy atom. The highest BCUT2D eigenvalue weighted by Gasteiger charge is 2.33. The summed E-state index contributed by atoms with van der Waals surface area (Å²) in [4.78, 5) is 11.0. The van der Waals surface area contributed by atoms with E-state index in [1.165, 1.54) is 12.1 Å². The second-order valence-electron chi connectivity index (χ2n) is 4.37. The van der Waals surface area contributed by atoms with Gasteiger partial charge in [0.2, 0.25) is 10.0 Å². The third-order valence-electron chi connectivity index (χ3n) is 2.96. The minimum absolute atomic E-state index is 0.0854. The molecule has 1 fully saturated rings. The number of carbonyl (C=O) groups is 1. The van der Waals surface area contributed by atoms with Crippen molar-refractivity contribution in [1.82, 2.24) is 4.31 Å². The van der Waals surface area contributed by atoms with Crippen molar-refractivity contribution >= 4 is 16.0 Å². The molecule has 0 spiro atoms. The minimum Gasteiger partial charge on any atom is -0.479 e. The third-order valence-corrected chi connectivity index (χ3v) is 4.84. The number of aryl methyl sites for hydroxylation is 1. The number of nitrogens with zero attached hydrogens (tertiary/aromatic N) is 1. The molecule has 0 aliphatic carbocycles. The minimum atomic E-state index is -3.66. The number of hydrogen-bond donors (Lipinski definition) is 1. The Kier molecular flexibility index (Phi) is 3.88. The fourth-order valence-electron chi connectivity index (χ4n) is 1.85. The highest BCUT2D eigenvalue weighted by atomic mass is 32.2. The second kappa shape index (κ2) is 5.28. The number of benzene rings is 1. The summed E-state index contributed by atoms with van der Waals surface area (Å²) in [7, 11) is -3.66. The number of carboxylic acid groups (broad SMARTS) is 1. The number of ether oxygens (including phenoxy) is 1. The monoisotopic (exact) mass is 285 g/mol. The molecule has 0 radical (unpaired) electrons. The van der Waals surface area contributed by atoms with Crippen LogP contribution in [0.25, 0.3) is 0 Å². The van der Waals surface area contributed by atoms with Gasteiger partial charge in [-0.3, -0.25) is 0 Å². The molecule has 1 saturated heterocycles. The Hall–Kier alpha value is -1.44. The van der Waals surface area contributed by atoms with Crippen molar-refractivity contribution in [2.24, 2.45) is 0 Å². The van der Waals surface area contributed by atoms with Crippen LogP contribution < -0.4 is 0 Å². The summed E-state index contributed by atoms with van der Waals surface area (Å²) < 4.78 is 30.9. The second-order valence-corrected chi connectivity index (χ2v) is 6.31. The number of aliphatic carboxylic acids is 1. The van der Waals surface area contributed by atoms with Crippen molar-refractivity contribution in [3.8, 4) is 0 Å². The average Bonchev–Trinajstić information content (AvgIpc) is 2.39. The third kappa shape index (κ3) is 2.94. The summed E-state index contributed by atoms with van der Waals surface area (Å²) in [6.45, 7) is 1.96. The molecule has 1 aromatic carbocycles. The lowest BCUT2D eigenvalue weighted by atomic mass is 10.2. The Bertz CT molecular complexity index is 566. The van der Waals surface area contributed by atoms with E-state index in [1.54, 1.807) is 12.1 Å². The molecule has 19 heavy (non-hydrogen) atoms. The number of hydrogen-bond acceptors (Lipinski definition) is 4. The molecule has 0 amide bonds. The molecule has 1 aromatic rings. The summed E-state index contributed by atoms with van der Waals surface area (Å²) >= 11 is 0. The van der Waals surface area contributed by atoms with Crippen molar-refractivity contribution in [3.63, 3.8) is 0 Å². The molecule has 0 unspecified atom stereocenters. The summed E-state index contributed by atoms with van der Waals surface area (Å²) in [5, 5.41) is 8.88. The molecule has 0 bridgehead atoms. The highest BCUT2D eigenvalue weighted by molar-refractivity contribution is 7.89. The van der Waals surface area contributed by atoms with E-state index in [0.29, 0.717) is 0 Å². The fraction of sp³-hybridized carbons (Fsp3) is 0.417. The lowest BCUT2D eigenvalue weighted by Gasteiger charge is -2.30. The predicted molar refractivity (Wildman–Crippen MR) is 67.3 cm³/mol. The first-order chi connectivity index (χ1) is 8.91. The van der Waals surface area contributed by atoms with Gasteiger partial charge in [0.25, 0.3) is 0 Å². The standard InChI is InChI=1S/C12H15NO5S/c1-9-2-4-10(5-3-9)19(16,17)13-6-7-18-11(8-13)12(14)15/h2-5,11H,6-8H2,1H3,(H,14,15)/t11-/m1/s1. The first-order valence-corrected chi connectivity index (χ1v) is 7.26. The summed E-state index contributed by atoms with van der Waals surface area (Å²) in [5.74, 6) is -1.15. The Morgan fingerprint density at radius 2 is 2.00 bits per heavy atom. The van der Waals surface area contributed by atoms with Gasteiger partial charge in [-0.2, -0.15) is 4.31 Å². The van der Waals surface area contributed by atoms with Crippen LogP contribution in [-0.4, -0.2) is 49.6 Å². The highest BCUT2D eigenvalue weighted by Crippen LogP contribution is 2.19. The molecular weight excluding hydrogens is 270 g/mol. The van der Waals surface area contributed by atoms with Crippen LogP contribution in [0.2, 0.25) is 0 Å². The molecule has 1 aliphatic heterocycles. The largest absolute Gasteiger partial charge is 0.479 e. The molecular formula is C12H15NO5S. The summed E-state index contributed by atoms with van der Waals surface area (Å²) in [6, 6.07) is 6.47.